The highest BCUT2D eigenvalue weighted by atomic mass is 15.2. The average molecular weight is 270 g/mol. The first kappa shape index (κ1) is 13.2. The van der Waals surface area contributed by atoms with Gasteiger partial charge < -0.3 is 9.47 Å². The molecule has 106 valence electrons. The molecule has 0 saturated heterocycles. The van der Waals surface area contributed by atoms with E-state index in [1.807, 2.05) is 25.2 Å². The van der Waals surface area contributed by atoms with Crippen molar-refractivity contribution in [2.45, 2.75) is 26.1 Å². The van der Waals surface area contributed by atoms with E-state index in [0.717, 1.165) is 25.5 Å². The Balaban J connectivity index is 1.72. The number of hydrogen-bond donors (Lipinski definition) is 0. The second kappa shape index (κ2) is 5.29. The zero-order valence-electron chi connectivity index (χ0n) is 12.5. The highest BCUT2D eigenvalue weighted by molar-refractivity contribution is 5.37. The van der Waals surface area contributed by atoms with Crippen molar-refractivity contribution in [1.82, 2.24) is 14.5 Å². The molecule has 3 rings (SSSR count). The summed E-state index contributed by atoms with van der Waals surface area (Å²) in [5, 5.41) is 0. The lowest BCUT2D eigenvalue weighted by Gasteiger charge is -2.34. The molecule has 1 aliphatic rings. The summed E-state index contributed by atoms with van der Waals surface area (Å²) in [4.78, 5) is 9.04. The van der Waals surface area contributed by atoms with E-state index in [1.165, 1.54) is 11.3 Å². The molecular weight excluding hydrogens is 248 g/mol. The van der Waals surface area contributed by atoms with E-state index in [9.17, 15) is 0 Å². The van der Waals surface area contributed by atoms with Gasteiger partial charge in [-0.15, -0.1) is 0 Å². The van der Waals surface area contributed by atoms with Gasteiger partial charge in [0.15, 0.2) is 0 Å². The molecule has 1 atom stereocenters. The lowest BCUT2D eigenvalue weighted by atomic mass is 10.1. The summed E-state index contributed by atoms with van der Waals surface area (Å²) >= 11 is 0. The molecule has 0 amide bonds. The van der Waals surface area contributed by atoms with Crippen LogP contribution in [0.3, 0.4) is 0 Å². The van der Waals surface area contributed by atoms with Gasteiger partial charge in [-0.3, -0.25) is 4.90 Å². The number of nitrogens with zero attached hydrogens (tertiary/aromatic N) is 4. The molecule has 0 fully saturated rings. The maximum atomic E-state index is 4.50. The third-order valence-electron chi connectivity index (χ3n) is 4.12. The van der Waals surface area contributed by atoms with Crippen molar-refractivity contribution >= 4 is 5.82 Å². The molecule has 3 heterocycles. The minimum atomic E-state index is 0.465. The lowest BCUT2D eigenvalue weighted by Crippen LogP contribution is -2.35. The number of rotatable bonds is 3. The Bertz CT molecular complexity index is 570. The fourth-order valence-corrected chi connectivity index (χ4v) is 2.85. The van der Waals surface area contributed by atoms with Crippen LogP contribution in [-0.2, 0) is 13.1 Å². The molecule has 4 nitrogen and oxygen atoms in total. The first-order chi connectivity index (χ1) is 9.65. The molecule has 20 heavy (non-hydrogen) atoms. The van der Waals surface area contributed by atoms with Gasteiger partial charge in [-0.2, -0.15) is 0 Å². The van der Waals surface area contributed by atoms with E-state index in [2.05, 4.69) is 51.8 Å². The first-order valence-electron chi connectivity index (χ1n) is 7.16. The van der Waals surface area contributed by atoms with E-state index in [4.69, 9.17) is 0 Å². The summed E-state index contributed by atoms with van der Waals surface area (Å²) in [6.45, 7) is 5.42. The molecule has 1 unspecified atom stereocenters. The van der Waals surface area contributed by atoms with Crippen LogP contribution in [0.1, 0.15) is 24.2 Å². The molecule has 0 radical (unpaired) electrons. The fraction of sp³-hybridized carbons (Fsp3) is 0.438. The van der Waals surface area contributed by atoms with Crippen molar-refractivity contribution in [3.8, 4) is 0 Å². The summed E-state index contributed by atoms with van der Waals surface area (Å²) in [6, 6.07) is 9.11. The van der Waals surface area contributed by atoms with Crippen LogP contribution >= 0.6 is 0 Å². The Labute approximate surface area is 120 Å². The molecule has 0 aliphatic carbocycles. The van der Waals surface area contributed by atoms with E-state index < -0.39 is 0 Å². The van der Waals surface area contributed by atoms with Gasteiger partial charge in [-0.25, -0.2) is 4.98 Å². The smallest absolute Gasteiger partial charge is 0.127 e. The van der Waals surface area contributed by atoms with Crippen molar-refractivity contribution in [3.05, 3.63) is 47.9 Å². The van der Waals surface area contributed by atoms with E-state index in [1.54, 1.807) is 0 Å². The zero-order chi connectivity index (χ0) is 14.1. The molecule has 4 heteroatoms. The molecule has 0 bridgehead atoms. The van der Waals surface area contributed by atoms with Gasteiger partial charge in [-0.05, 0) is 30.7 Å². The van der Waals surface area contributed by atoms with Gasteiger partial charge in [0.05, 0.1) is 0 Å². The third-order valence-corrected chi connectivity index (χ3v) is 4.12. The molecule has 0 spiro atoms. The van der Waals surface area contributed by atoms with Crippen LogP contribution in [0.2, 0.25) is 0 Å². The Morgan fingerprint density at radius 3 is 2.80 bits per heavy atom. The standard InChI is InChI=1S/C16H22N4/c1-13-15-5-4-8-19(15)9-10-20(13)12-14-6-7-16(17-11-14)18(2)3/h4-8,11,13H,9-10,12H2,1-3H3. The average Bonchev–Trinajstić information content (AvgIpc) is 2.92. The summed E-state index contributed by atoms with van der Waals surface area (Å²) in [7, 11) is 4.03. The van der Waals surface area contributed by atoms with Crippen molar-refractivity contribution < 1.29 is 0 Å². The predicted octanol–water partition coefficient (Wildman–Crippen LogP) is 2.53. The molecule has 0 aromatic carbocycles. The Morgan fingerprint density at radius 1 is 1.25 bits per heavy atom. The van der Waals surface area contributed by atoms with Gasteiger partial charge in [0, 0.05) is 57.9 Å². The molecular formula is C16H22N4. The van der Waals surface area contributed by atoms with Gasteiger partial charge in [0.1, 0.15) is 5.82 Å². The second-order valence-electron chi connectivity index (χ2n) is 5.69. The predicted molar refractivity (Wildman–Crippen MR) is 81.8 cm³/mol. The van der Waals surface area contributed by atoms with Crippen LogP contribution in [0, 0.1) is 0 Å². The third kappa shape index (κ3) is 2.43. The molecule has 1 aliphatic heterocycles. The minimum Gasteiger partial charge on any atom is -0.363 e. The van der Waals surface area contributed by atoms with Crippen molar-refractivity contribution in [1.29, 1.82) is 0 Å². The summed E-state index contributed by atoms with van der Waals surface area (Å²) < 4.78 is 2.36. The fourth-order valence-electron chi connectivity index (χ4n) is 2.85. The highest BCUT2D eigenvalue weighted by Gasteiger charge is 2.23. The van der Waals surface area contributed by atoms with Crippen LogP contribution in [0.15, 0.2) is 36.7 Å². The lowest BCUT2D eigenvalue weighted by molar-refractivity contribution is 0.160. The maximum absolute atomic E-state index is 4.50. The van der Waals surface area contributed by atoms with E-state index in [0.29, 0.717) is 6.04 Å². The number of fused-ring (bicyclic) bond motifs is 1. The van der Waals surface area contributed by atoms with E-state index in [-0.39, 0.29) is 0 Å². The Kier molecular flexibility index (Phi) is 3.49. The Morgan fingerprint density at radius 2 is 2.10 bits per heavy atom. The quantitative estimate of drug-likeness (QED) is 0.856. The second-order valence-corrected chi connectivity index (χ2v) is 5.69. The normalized spacial score (nSPS) is 18.9. The van der Waals surface area contributed by atoms with Gasteiger partial charge in [-0.1, -0.05) is 6.07 Å². The molecule has 0 saturated carbocycles. The van der Waals surface area contributed by atoms with Crippen LogP contribution in [0.5, 0.6) is 0 Å². The van der Waals surface area contributed by atoms with Crippen LogP contribution in [0.4, 0.5) is 5.82 Å². The highest BCUT2D eigenvalue weighted by Crippen LogP contribution is 2.26. The minimum absolute atomic E-state index is 0.465. The first-order valence-corrected chi connectivity index (χ1v) is 7.16. The van der Waals surface area contributed by atoms with Crippen molar-refractivity contribution in [3.63, 3.8) is 0 Å². The monoisotopic (exact) mass is 270 g/mol. The van der Waals surface area contributed by atoms with Crippen LogP contribution in [0.25, 0.3) is 0 Å². The number of aromatic nitrogens is 2. The number of pyridine rings is 1. The molecule has 2 aromatic heterocycles. The van der Waals surface area contributed by atoms with Gasteiger partial charge in [0.2, 0.25) is 0 Å². The summed E-state index contributed by atoms with van der Waals surface area (Å²) in [6.07, 6.45) is 4.17. The maximum Gasteiger partial charge on any atom is 0.127 e. The SMILES string of the molecule is CC1c2cccn2CCN1Cc1ccc(N(C)C)nc1. The molecule has 0 N–H and O–H groups in total. The van der Waals surface area contributed by atoms with Crippen molar-refractivity contribution in [2.24, 2.45) is 0 Å². The van der Waals surface area contributed by atoms with E-state index >= 15 is 0 Å². The van der Waals surface area contributed by atoms with Gasteiger partial charge in [0.25, 0.3) is 0 Å². The summed E-state index contributed by atoms with van der Waals surface area (Å²) in [5.41, 5.74) is 2.69. The zero-order valence-corrected chi connectivity index (χ0v) is 12.5. The largest absolute Gasteiger partial charge is 0.363 e. The Hall–Kier alpha value is -1.81. The molecule has 2 aromatic rings. The van der Waals surface area contributed by atoms with Crippen LogP contribution < -0.4 is 4.90 Å². The van der Waals surface area contributed by atoms with Crippen LogP contribution in [-0.4, -0.2) is 35.1 Å². The summed E-state index contributed by atoms with van der Waals surface area (Å²) in [5.74, 6) is 1.01. The number of anilines is 1. The van der Waals surface area contributed by atoms with Gasteiger partial charge >= 0.3 is 0 Å². The topological polar surface area (TPSA) is 24.3 Å². The van der Waals surface area contributed by atoms with Crippen molar-refractivity contribution in [2.75, 3.05) is 25.5 Å². The number of hydrogen-bond acceptors (Lipinski definition) is 3.